The summed E-state index contributed by atoms with van der Waals surface area (Å²) in [5, 5.41) is 10.1. The van der Waals surface area contributed by atoms with Gasteiger partial charge in [-0.3, -0.25) is 9.78 Å². The molecule has 4 rings (SSSR count). The molecule has 0 saturated carbocycles. The third kappa shape index (κ3) is 6.19. The van der Waals surface area contributed by atoms with Gasteiger partial charge in [0.1, 0.15) is 5.82 Å². The number of fused-ring (bicyclic) bond motifs is 1. The molecule has 0 fully saturated rings. The smallest absolute Gasteiger partial charge is 0.475 e. The van der Waals surface area contributed by atoms with Crippen molar-refractivity contribution in [3.05, 3.63) is 75.9 Å². The maximum Gasteiger partial charge on any atom is 0.490 e. The summed E-state index contributed by atoms with van der Waals surface area (Å²) < 4.78 is 45.3. The van der Waals surface area contributed by atoms with Crippen molar-refractivity contribution in [1.82, 2.24) is 15.3 Å². The molecule has 3 aromatic rings. The van der Waals surface area contributed by atoms with Gasteiger partial charge >= 0.3 is 12.1 Å². The number of amides is 1. The largest absolute Gasteiger partial charge is 0.490 e. The summed E-state index contributed by atoms with van der Waals surface area (Å²) in [6, 6.07) is 10.3. The average Bonchev–Trinajstić information content (AvgIpc) is 3.20. The number of hydrogen-bond acceptors (Lipinski definition) is 3. The van der Waals surface area contributed by atoms with E-state index in [2.05, 4.69) is 15.3 Å². The molecule has 0 bridgehead atoms. The van der Waals surface area contributed by atoms with Crippen LogP contribution in [-0.4, -0.2) is 39.7 Å². The number of rotatable bonds is 3. The maximum absolute atomic E-state index is 13.5. The lowest BCUT2D eigenvalue weighted by Crippen LogP contribution is -2.31. The molecular weight excluding hydrogens is 466 g/mol. The van der Waals surface area contributed by atoms with Crippen LogP contribution < -0.4 is 5.32 Å². The number of nitrogens with zero attached hydrogens (tertiary/aromatic N) is 1. The zero-order chi connectivity index (χ0) is 24.2. The van der Waals surface area contributed by atoms with Crippen LogP contribution in [0.15, 0.2) is 42.6 Å². The van der Waals surface area contributed by atoms with Gasteiger partial charge in [-0.1, -0.05) is 23.7 Å². The third-order valence-electron chi connectivity index (χ3n) is 4.53. The Morgan fingerprint density at radius 3 is 2.52 bits per heavy atom. The molecule has 1 aliphatic rings. The van der Waals surface area contributed by atoms with Gasteiger partial charge in [0.2, 0.25) is 0 Å². The van der Waals surface area contributed by atoms with Gasteiger partial charge in [-0.2, -0.15) is 13.2 Å². The van der Waals surface area contributed by atoms with Gasteiger partial charge < -0.3 is 15.4 Å². The van der Waals surface area contributed by atoms with Crippen molar-refractivity contribution >= 4 is 35.6 Å². The molecule has 1 aromatic carbocycles. The molecule has 0 unspecified atom stereocenters. The quantitative estimate of drug-likeness (QED) is 0.461. The SMILES string of the molecule is O=C(O)C(F)(F)F.O=C1NCCc2[nH]c(-c3ccnc(/C=C/c4ccc(Cl)c(F)c4)c3)cc21. The summed E-state index contributed by atoms with van der Waals surface area (Å²) in [7, 11) is 0. The van der Waals surface area contributed by atoms with E-state index in [0.29, 0.717) is 17.7 Å². The minimum atomic E-state index is -5.08. The molecule has 0 saturated heterocycles. The summed E-state index contributed by atoms with van der Waals surface area (Å²) >= 11 is 5.70. The van der Waals surface area contributed by atoms with Crippen molar-refractivity contribution in [2.75, 3.05) is 6.54 Å². The Bertz CT molecular complexity index is 1220. The van der Waals surface area contributed by atoms with Crippen molar-refractivity contribution in [2.45, 2.75) is 12.6 Å². The van der Waals surface area contributed by atoms with Crippen LogP contribution in [0, 0.1) is 5.82 Å². The van der Waals surface area contributed by atoms with Gasteiger partial charge in [0.05, 0.1) is 16.3 Å². The van der Waals surface area contributed by atoms with Crippen molar-refractivity contribution in [3.8, 4) is 11.3 Å². The van der Waals surface area contributed by atoms with E-state index in [1.54, 1.807) is 18.3 Å². The number of carboxylic acid groups (broad SMARTS) is 1. The first kappa shape index (κ1) is 24.0. The van der Waals surface area contributed by atoms with Gasteiger partial charge in [-0.05, 0) is 42.0 Å². The van der Waals surface area contributed by atoms with Crippen LogP contribution in [0.1, 0.15) is 27.3 Å². The summed E-state index contributed by atoms with van der Waals surface area (Å²) in [4.78, 5) is 28.4. The molecule has 3 N–H and O–H groups in total. The lowest BCUT2D eigenvalue weighted by atomic mass is 10.1. The Labute approximate surface area is 189 Å². The zero-order valence-corrected chi connectivity index (χ0v) is 17.5. The molecule has 0 spiro atoms. The van der Waals surface area contributed by atoms with Gasteiger partial charge in [0.25, 0.3) is 5.91 Å². The second kappa shape index (κ2) is 9.86. The number of carbonyl (C=O) groups excluding carboxylic acids is 1. The molecule has 11 heteroatoms. The summed E-state index contributed by atoms with van der Waals surface area (Å²) in [6.07, 6.45) is 0.999. The first-order valence-electron chi connectivity index (χ1n) is 9.44. The number of aromatic nitrogens is 2. The predicted molar refractivity (Wildman–Crippen MR) is 114 cm³/mol. The number of nitrogens with one attached hydrogen (secondary N) is 2. The highest BCUT2D eigenvalue weighted by molar-refractivity contribution is 6.30. The second-order valence-corrected chi connectivity index (χ2v) is 7.27. The Balaban J connectivity index is 0.000000383. The molecular formula is C22H16ClF4N3O3. The van der Waals surface area contributed by atoms with Crippen molar-refractivity contribution < 1.29 is 32.3 Å². The van der Waals surface area contributed by atoms with E-state index >= 15 is 0 Å². The number of carboxylic acids is 1. The summed E-state index contributed by atoms with van der Waals surface area (Å²) in [6.45, 7) is 0.647. The van der Waals surface area contributed by atoms with E-state index in [-0.39, 0.29) is 10.9 Å². The van der Waals surface area contributed by atoms with E-state index in [1.165, 1.54) is 12.1 Å². The number of aliphatic carboxylic acids is 1. The van der Waals surface area contributed by atoms with Crippen LogP contribution in [0.3, 0.4) is 0 Å². The monoisotopic (exact) mass is 481 g/mol. The van der Waals surface area contributed by atoms with E-state index in [0.717, 1.165) is 29.1 Å². The molecule has 33 heavy (non-hydrogen) atoms. The van der Waals surface area contributed by atoms with Gasteiger partial charge in [-0.25, -0.2) is 9.18 Å². The zero-order valence-electron chi connectivity index (χ0n) is 16.7. The van der Waals surface area contributed by atoms with E-state index in [9.17, 15) is 22.4 Å². The third-order valence-corrected chi connectivity index (χ3v) is 4.84. The van der Waals surface area contributed by atoms with Crippen molar-refractivity contribution in [3.63, 3.8) is 0 Å². The predicted octanol–water partition coefficient (Wildman–Crippen LogP) is 4.96. The fourth-order valence-corrected chi connectivity index (χ4v) is 3.07. The number of alkyl halides is 3. The molecule has 172 valence electrons. The fraction of sp³-hybridized carbons (Fsp3) is 0.136. The van der Waals surface area contributed by atoms with E-state index < -0.39 is 18.0 Å². The highest BCUT2D eigenvalue weighted by atomic mass is 35.5. The number of hydrogen-bond donors (Lipinski definition) is 3. The van der Waals surface area contributed by atoms with Crippen LogP contribution in [0.4, 0.5) is 17.6 Å². The molecule has 0 radical (unpaired) electrons. The van der Waals surface area contributed by atoms with Crippen LogP contribution in [0.5, 0.6) is 0 Å². The molecule has 0 atom stereocenters. The first-order chi connectivity index (χ1) is 15.5. The number of pyridine rings is 1. The molecule has 1 aliphatic heterocycles. The standard InChI is InChI=1S/C20H15ClFN3O.C2HF3O2/c21-16-4-2-12(9-17(16)22)1-3-14-10-13(5-7-23-14)19-11-15-18(25-19)6-8-24-20(15)26;3-2(4,5)1(6)7/h1-5,7,9-11,25H,6,8H2,(H,24,26);(H,6,7)/b3-1+;. The van der Waals surface area contributed by atoms with Crippen LogP contribution in [0.25, 0.3) is 23.4 Å². The minimum absolute atomic E-state index is 0.0484. The van der Waals surface area contributed by atoms with Crippen molar-refractivity contribution in [1.29, 1.82) is 0 Å². The molecule has 2 aromatic heterocycles. The highest BCUT2D eigenvalue weighted by Gasteiger charge is 2.38. The number of halogens is 5. The first-order valence-corrected chi connectivity index (χ1v) is 9.82. The van der Waals surface area contributed by atoms with Gasteiger partial charge in [-0.15, -0.1) is 0 Å². The number of carbonyl (C=O) groups is 2. The van der Waals surface area contributed by atoms with Crippen LogP contribution in [-0.2, 0) is 11.2 Å². The summed E-state index contributed by atoms with van der Waals surface area (Å²) in [5.41, 5.74) is 4.89. The Hall–Kier alpha value is -3.66. The average molecular weight is 482 g/mol. The molecule has 3 heterocycles. The highest BCUT2D eigenvalue weighted by Crippen LogP contribution is 2.25. The Morgan fingerprint density at radius 2 is 1.88 bits per heavy atom. The Kier molecular flexibility index (Phi) is 7.17. The molecule has 6 nitrogen and oxygen atoms in total. The topological polar surface area (TPSA) is 95.1 Å². The van der Waals surface area contributed by atoms with Crippen LogP contribution in [0.2, 0.25) is 5.02 Å². The molecule has 0 aliphatic carbocycles. The van der Waals surface area contributed by atoms with E-state index in [4.69, 9.17) is 21.5 Å². The van der Waals surface area contributed by atoms with E-state index in [1.807, 2.05) is 24.3 Å². The minimum Gasteiger partial charge on any atom is -0.475 e. The maximum atomic E-state index is 13.5. The number of benzene rings is 1. The lowest BCUT2D eigenvalue weighted by molar-refractivity contribution is -0.192. The normalized spacial score (nSPS) is 13.2. The second-order valence-electron chi connectivity index (χ2n) is 6.86. The number of aromatic amines is 1. The van der Waals surface area contributed by atoms with Crippen molar-refractivity contribution in [2.24, 2.45) is 0 Å². The molecule has 1 amide bonds. The van der Waals surface area contributed by atoms with Crippen LogP contribution >= 0.6 is 11.6 Å². The Morgan fingerprint density at radius 1 is 1.15 bits per heavy atom. The van der Waals surface area contributed by atoms with Gasteiger partial charge in [0, 0.05) is 36.1 Å². The lowest BCUT2D eigenvalue weighted by Gasteiger charge is -2.10. The summed E-state index contributed by atoms with van der Waals surface area (Å²) in [5.74, 6) is -3.26. The fourth-order valence-electron chi connectivity index (χ4n) is 2.95. The number of H-pyrrole nitrogens is 1. The van der Waals surface area contributed by atoms with Gasteiger partial charge in [0.15, 0.2) is 0 Å².